The summed E-state index contributed by atoms with van der Waals surface area (Å²) in [6.45, 7) is 4.66. The molecule has 0 atom stereocenters. The largest absolute Gasteiger partial charge is 0.369 e. The molecule has 0 aromatic carbocycles. The van der Waals surface area contributed by atoms with E-state index in [4.69, 9.17) is 10.3 Å². The number of nitrogens with zero attached hydrogens (tertiary/aromatic N) is 3. The van der Waals surface area contributed by atoms with Crippen LogP contribution in [0.15, 0.2) is 10.6 Å². The predicted octanol–water partition coefficient (Wildman–Crippen LogP) is 1.18. The summed E-state index contributed by atoms with van der Waals surface area (Å²) in [5, 5.41) is 4.55. The van der Waals surface area contributed by atoms with Gasteiger partial charge < -0.3 is 15.2 Å². The van der Waals surface area contributed by atoms with Gasteiger partial charge in [-0.05, 0) is 32.8 Å². The van der Waals surface area contributed by atoms with E-state index in [9.17, 15) is 9.59 Å². The number of rotatable bonds is 2. The van der Waals surface area contributed by atoms with E-state index in [0.717, 1.165) is 0 Å². The maximum atomic E-state index is 12.8. The van der Waals surface area contributed by atoms with Crippen LogP contribution in [0.25, 0.3) is 11.1 Å². The molecule has 7 heteroatoms. The average molecular weight is 302 g/mol. The molecule has 3 heterocycles. The first kappa shape index (κ1) is 14.5. The fourth-order valence-corrected chi connectivity index (χ4v) is 2.92. The summed E-state index contributed by atoms with van der Waals surface area (Å²) >= 11 is 0. The number of nitrogens with two attached hydrogens (primary N) is 1. The smallest absolute Gasteiger partial charge is 0.258 e. The highest BCUT2D eigenvalue weighted by atomic mass is 16.5. The van der Waals surface area contributed by atoms with Crippen LogP contribution in [0, 0.1) is 19.8 Å². The van der Waals surface area contributed by atoms with Crippen molar-refractivity contribution < 1.29 is 14.1 Å². The maximum absolute atomic E-state index is 12.8. The Hall–Kier alpha value is -2.44. The zero-order chi connectivity index (χ0) is 15.9. The van der Waals surface area contributed by atoms with Gasteiger partial charge in [-0.15, -0.1) is 0 Å². The molecule has 0 unspecified atom stereocenters. The van der Waals surface area contributed by atoms with E-state index in [1.54, 1.807) is 17.9 Å². The number of carbonyl (C=O) groups is 2. The summed E-state index contributed by atoms with van der Waals surface area (Å²) in [7, 11) is 0. The number of likely N-dealkylation sites (tertiary alicyclic amines) is 1. The molecule has 2 N–H and O–H groups in total. The summed E-state index contributed by atoms with van der Waals surface area (Å²) in [5.41, 5.74) is 7.62. The van der Waals surface area contributed by atoms with Crippen molar-refractivity contribution in [2.24, 2.45) is 11.7 Å². The van der Waals surface area contributed by atoms with E-state index in [1.807, 2.05) is 6.92 Å². The van der Waals surface area contributed by atoms with Crippen LogP contribution >= 0.6 is 0 Å². The van der Waals surface area contributed by atoms with Gasteiger partial charge in [0.2, 0.25) is 5.91 Å². The molecule has 0 bridgehead atoms. The molecule has 1 fully saturated rings. The Bertz CT molecular complexity index is 745. The Kier molecular flexibility index (Phi) is 3.56. The van der Waals surface area contributed by atoms with Crippen LogP contribution in [0.4, 0.5) is 0 Å². The number of primary amides is 1. The van der Waals surface area contributed by atoms with Gasteiger partial charge in [-0.2, -0.15) is 0 Å². The van der Waals surface area contributed by atoms with Gasteiger partial charge in [0.1, 0.15) is 0 Å². The third kappa shape index (κ3) is 2.43. The van der Waals surface area contributed by atoms with Crippen molar-refractivity contribution in [2.75, 3.05) is 13.1 Å². The molecular formula is C15H18N4O3. The van der Waals surface area contributed by atoms with E-state index in [1.165, 1.54) is 0 Å². The van der Waals surface area contributed by atoms with Crippen LogP contribution < -0.4 is 5.73 Å². The molecule has 1 saturated heterocycles. The van der Waals surface area contributed by atoms with Gasteiger partial charge in [0.25, 0.3) is 11.6 Å². The van der Waals surface area contributed by atoms with E-state index in [-0.39, 0.29) is 17.7 Å². The highest BCUT2D eigenvalue weighted by molar-refractivity contribution is 6.06. The average Bonchev–Trinajstić information content (AvgIpc) is 2.87. The van der Waals surface area contributed by atoms with Crippen LogP contribution in [0.5, 0.6) is 0 Å². The van der Waals surface area contributed by atoms with E-state index < -0.39 is 0 Å². The van der Waals surface area contributed by atoms with Crippen molar-refractivity contribution in [3.8, 4) is 0 Å². The normalized spacial score (nSPS) is 16.2. The topological polar surface area (TPSA) is 102 Å². The van der Waals surface area contributed by atoms with Gasteiger partial charge in [0.05, 0.1) is 16.6 Å². The van der Waals surface area contributed by atoms with Crippen LogP contribution in [0.3, 0.4) is 0 Å². The highest BCUT2D eigenvalue weighted by Gasteiger charge is 2.28. The fourth-order valence-electron chi connectivity index (χ4n) is 2.92. The summed E-state index contributed by atoms with van der Waals surface area (Å²) in [6, 6.07) is 1.76. The summed E-state index contributed by atoms with van der Waals surface area (Å²) in [6.07, 6.45) is 1.22. The number of fused-ring (bicyclic) bond motifs is 1. The Balaban J connectivity index is 1.90. The lowest BCUT2D eigenvalue weighted by molar-refractivity contribution is -0.123. The zero-order valence-electron chi connectivity index (χ0n) is 12.6. The van der Waals surface area contributed by atoms with Crippen LogP contribution in [-0.2, 0) is 4.79 Å². The SMILES string of the molecule is Cc1cc(C(=O)N2CCC(C(N)=O)CC2)c2c(C)noc2n1. The van der Waals surface area contributed by atoms with Crippen molar-refractivity contribution in [1.82, 2.24) is 15.0 Å². The van der Waals surface area contributed by atoms with Gasteiger partial charge in [-0.1, -0.05) is 5.16 Å². The Labute approximate surface area is 127 Å². The van der Waals surface area contributed by atoms with Crippen LogP contribution in [0.1, 0.15) is 34.6 Å². The lowest BCUT2D eigenvalue weighted by atomic mass is 9.95. The minimum atomic E-state index is -0.288. The monoisotopic (exact) mass is 302 g/mol. The molecule has 22 heavy (non-hydrogen) atoms. The summed E-state index contributed by atoms with van der Waals surface area (Å²) in [5.74, 6) is -0.505. The van der Waals surface area contributed by atoms with E-state index in [0.29, 0.717) is 54.0 Å². The highest BCUT2D eigenvalue weighted by Crippen LogP contribution is 2.25. The van der Waals surface area contributed by atoms with Crippen molar-refractivity contribution >= 4 is 22.9 Å². The first-order chi connectivity index (χ1) is 10.5. The van der Waals surface area contributed by atoms with Gasteiger partial charge in [-0.3, -0.25) is 9.59 Å². The van der Waals surface area contributed by atoms with Gasteiger partial charge in [0, 0.05) is 24.7 Å². The molecule has 2 amide bonds. The maximum Gasteiger partial charge on any atom is 0.258 e. The van der Waals surface area contributed by atoms with E-state index in [2.05, 4.69) is 10.1 Å². The number of aryl methyl sites for hydroxylation is 2. The Morgan fingerprint density at radius 2 is 2.00 bits per heavy atom. The molecule has 0 spiro atoms. The molecule has 1 aliphatic heterocycles. The third-order valence-corrected chi connectivity index (χ3v) is 4.16. The molecule has 1 aliphatic rings. The van der Waals surface area contributed by atoms with Gasteiger partial charge in [-0.25, -0.2) is 4.98 Å². The van der Waals surface area contributed by atoms with E-state index >= 15 is 0 Å². The number of carbonyl (C=O) groups excluding carboxylic acids is 2. The zero-order valence-corrected chi connectivity index (χ0v) is 12.6. The number of aromatic nitrogens is 2. The number of hydrogen-bond acceptors (Lipinski definition) is 5. The lowest BCUT2D eigenvalue weighted by Crippen LogP contribution is -2.41. The first-order valence-electron chi connectivity index (χ1n) is 7.29. The number of pyridine rings is 1. The summed E-state index contributed by atoms with van der Waals surface area (Å²) in [4.78, 5) is 30.0. The number of amides is 2. The van der Waals surface area contributed by atoms with Crippen molar-refractivity contribution in [2.45, 2.75) is 26.7 Å². The molecule has 3 rings (SSSR count). The number of piperidine rings is 1. The Morgan fingerprint density at radius 3 is 2.64 bits per heavy atom. The third-order valence-electron chi connectivity index (χ3n) is 4.16. The predicted molar refractivity (Wildman–Crippen MR) is 79.1 cm³/mol. The van der Waals surface area contributed by atoms with Crippen molar-refractivity contribution in [3.63, 3.8) is 0 Å². The van der Waals surface area contributed by atoms with Crippen LogP contribution in [-0.4, -0.2) is 39.9 Å². The minimum absolute atomic E-state index is 0.0790. The summed E-state index contributed by atoms with van der Waals surface area (Å²) < 4.78 is 5.16. The molecule has 2 aromatic rings. The van der Waals surface area contributed by atoms with Crippen molar-refractivity contribution in [3.05, 3.63) is 23.0 Å². The Morgan fingerprint density at radius 1 is 1.32 bits per heavy atom. The number of hydrogen-bond donors (Lipinski definition) is 1. The molecule has 0 aliphatic carbocycles. The second kappa shape index (κ2) is 5.40. The second-order valence-electron chi connectivity index (χ2n) is 5.73. The van der Waals surface area contributed by atoms with Gasteiger partial charge in [0.15, 0.2) is 0 Å². The van der Waals surface area contributed by atoms with Crippen LogP contribution in [0.2, 0.25) is 0 Å². The molecular weight excluding hydrogens is 284 g/mol. The molecule has 0 radical (unpaired) electrons. The van der Waals surface area contributed by atoms with Gasteiger partial charge >= 0.3 is 0 Å². The fraction of sp³-hybridized carbons (Fsp3) is 0.467. The molecule has 0 saturated carbocycles. The quantitative estimate of drug-likeness (QED) is 0.897. The lowest BCUT2D eigenvalue weighted by Gasteiger charge is -2.30. The standard InChI is InChI=1S/C15H18N4O3/c1-8-7-11(12-9(2)18-22-14(12)17-8)15(21)19-5-3-10(4-6-19)13(16)20/h7,10H,3-6H2,1-2H3,(H2,16,20). The van der Waals surface area contributed by atoms with Crippen molar-refractivity contribution in [1.29, 1.82) is 0 Å². The first-order valence-corrected chi connectivity index (χ1v) is 7.29. The second-order valence-corrected chi connectivity index (χ2v) is 5.73. The minimum Gasteiger partial charge on any atom is -0.369 e. The molecule has 7 nitrogen and oxygen atoms in total. The molecule has 2 aromatic heterocycles. The molecule has 116 valence electrons.